The van der Waals surface area contributed by atoms with Crippen LogP contribution in [0, 0.1) is 0 Å². The molecule has 16 heavy (non-hydrogen) atoms. The van der Waals surface area contributed by atoms with Crippen LogP contribution in [0.2, 0.25) is 5.02 Å². The molecule has 1 unspecified atom stereocenters. The van der Waals surface area contributed by atoms with E-state index in [0.717, 1.165) is 10.0 Å². The molecule has 0 saturated carbocycles. The van der Waals surface area contributed by atoms with Crippen molar-refractivity contribution in [3.05, 3.63) is 33.3 Å². The highest BCUT2D eigenvalue weighted by molar-refractivity contribution is 9.10. The summed E-state index contributed by atoms with van der Waals surface area (Å²) in [5.74, 6) is 0. The minimum absolute atomic E-state index is 0.315. The predicted molar refractivity (Wildman–Crippen MR) is 70.0 cm³/mol. The normalized spacial score (nSPS) is 14.8. The SMILES string of the molecule is CCC(O)(COC)Cc1ccc(Br)cc1Cl. The maximum Gasteiger partial charge on any atom is 0.0917 e. The lowest BCUT2D eigenvalue weighted by Crippen LogP contribution is -2.35. The van der Waals surface area contributed by atoms with Gasteiger partial charge in [0.2, 0.25) is 0 Å². The number of benzene rings is 1. The zero-order chi connectivity index (χ0) is 12.2. The predicted octanol–water partition coefficient (Wildman–Crippen LogP) is 3.43. The summed E-state index contributed by atoms with van der Waals surface area (Å²) < 4.78 is 5.97. The van der Waals surface area contributed by atoms with E-state index >= 15 is 0 Å². The van der Waals surface area contributed by atoms with Crippen LogP contribution in [0.4, 0.5) is 0 Å². The van der Waals surface area contributed by atoms with Crippen LogP contribution in [-0.2, 0) is 11.2 Å². The second-order valence-electron chi connectivity index (χ2n) is 3.92. The van der Waals surface area contributed by atoms with Gasteiger partial charge in [-0.1, -0.05) is 40.5 Å². The third-order valence-electron chi connectivity index (χ3n) is 2.61. The fourth-order valence-electron chi connectivity index (χ4n) is 1.57. The summed E-state index contributed by atoms with van der Waals surface area (Å²) in [6.45, 7) is 2.25. The Morgan fingerprint density at radius 3 is 2.69 bits per heavy atom. The Labute approximate surface area is 110 Å². The molecule has 1 atom stereocenters. The number of aliphatic hydroxyl groups is 1. The van der Waals surface area contributed by atoms with Crippen LogP contribution >= 0.6 is 27.5 Å². The van der Waals surface area contributed by atoms with Crippen molar-refractivity contribution >= 4 is 27.5 Å². The average Bonchev–Trinajstić information content (AvgIpc) is 2.23. The molecule has 0 aliphatic heterocycles. The quantitative estimate of drug-likeness (QED) is 0.903. The van der Waals surface area contributed by atoms with Gasteiger partial charge in [-0.3, -0.25) is 0 Å². The van der Waals surface area contributed by atoms with Crippen LogP contribution in [0.3, 0.4) is 0 Å². The molecule has 0 saturated heterocycles. The van der Waals surface area contributed by atoms with E-state index in [9.17, 15) is 5.11 Å². The number of rotatable bonds is 5. The highest BCUT2D eigenvalue weighted by atomic mass is 79.9. The van der Waals surface area contributed by atoms with E-state index in [2.05, 4.69) is 15.9 Å². The number of halogens is 2. The van der Waals surface area contributed by atoms with Gasteiger partial charge in [-0.05, 0) is 24.1 Å². The molecule has 0 spiro atoms. The average molecular weight is 308 g/mol. The Hall–Kier alpha value is -0.0900. The van der Waals surface area contributed by atoms with E-state index < -0.39 is 5.60 Å². The smallest absolute Gasteiger partial charge is 0.0917 e. The number of hydrogen-bond acceptors (Lipinski definition) is 2. The molecule has 1 rings (SSSR count). The largest absolute Gasteiger partial charge is 0.387 e. The second kappa shape index (κ2) is 6.01. The van der Waals surface area contributed by atoms with Crippen molar-refractivity contribution in [1.29, 1.82) is 0 Å². The van der Waals surface area contributed by atoms with Crippen LogP contribution in [-0.4, -0.2) is 24.4 Å². The maximum atomic E-state index is 10.3. The van der Waals surface area contributed by atoms with Crippen molar-refractivity contribution in [1.82, 2.24) is 0 Å². The van der Waals surface area contributed by atoms with Gasteiger partial charge in [0, 0.05) is 23.0 Å². The van der Waals surface area contributed by atoms with Gasteiger partial charge in [-0.2, -0.15) is 0 Å². The highest BCUT2D eigenvalue weighted by Gasteiger charge is 2.25. The summed E-state index contributed by atoms with van der Waals surface area (Å²) in [6, 6.07) is 5.67. The second-order valence-corrected chi connectivity index (χ2v) is 5.25. The molecule has 90 valence electrons. The first-order valence-electron chi connectivity index (χ1n) is 5.16. The topological polar surface area (TPSA) is 29.5 Å². The fraction of sp³-hybridized carbons (Fsp3) is 0.500. The minimum atomic E-state index is -0.841. The summed E-state index contributed by atoms with van der Waals surface area (Å²) in [5.41, 5.74) is 0.0953. The van der Waals surface area contributed by atoms with Crippen molar-refractivity contribution in [2.45, 2.75) is 25.4 Å². The van der Waals surface area contributed by atoms with Crippen LogP contribution in [0.1, 0.15) is 18.9 Å². The van der Waals surface area contributed by atoms with Crippen LogP contribution in [0.15, 0.2) is 22.7 Å². The summed E-state index contributed by atoms with van der Waals surface area (Å²) in [7, 11) is 1.59. The van der Waals surface area contributed by atoms with E-state index in [1.807, 2.05) is 25.1 Å². The molecule has 1 N–H and O–H groups in total. The van der Waals surface area contributed by atoms with Crippen molar-refractivity contribution in [2.24, 2.45) is 0 Å². The van der Waals surface area contributed by atoms with E-state index in [-0.39, 0.29) is 0 Å². The lowest BCUT2D eigenvalue weighted by Gasteiger charge is -2.26. The summed E-state index contributed by atoms with van der Waals surface area (Å²) >= 11 is 9.46. The zero-order valence-corrected chi connectivity index (χ0v) is 11.8. The Bertz CT molecular complexity index is 357. The first-order valence-corrected chi connectivity index (χ1v) is 6.33. The molecular weight excluding hydrogens is 291 g/mol. The summed E-state index contributed by atoms with van der Waals surface area (Å²) in [4.78, 5) is 0. The van der Waals surface area contributed by atoms with Crippen molar-refractivity contribution in [3.8, 4) is 0 Å². The maximum absolute atomic E-state index is 10.3. The highest BCUT2D eigenvalue weighted by Crippen LogP contribution is 2.26. The van der Waals surface area contributed by atoms with Crippen molar-refractivity contribution < 1.29 is 9.84 Å². The number of hydrogen-bond donors (Lipinski definition) is 1. The molecule has 2 nitrogen and oxygen atoms in total. The minimum Gasteiger partial charge on any atom is -0.387 e. The Kier molecular flexibility index (Phi) is 5.25. The molecule has 0 fully saturated rings. The van der Waals surface area contributed by atoms with E-state index in [1.54, 1.807) is 7.11 Å². The van der Waals surface area contributed by atoms with Gasteiger partial charge in [-0.15, -0.1) is 0 Å². The molecule has 0 bridgehead atoms. The van der Waals surface area contributed by atoms with Gasteiger partial charge in [0.25, 0.3) is 0 Å². The molecular formula is C12H16BrClO2. The van der Waals surface area contributed by atoms with Gasteiger partial charge < -0.3 is 9.84 Å². The lowest BCUT2D eigenvalue weighted by molar-refractivity contribution is -0.0333. The molecule has 0 aromatic heterocycles. The lowest BCUT2D eigenvalue weighted by atomic mass is 9.93. The van der Waals surface area contributed by atoms with E-state index in [1.165, 1.54) is 0 Å². The third kappa shape index (κ3) is 3.74. The van der Waals surface area contributed by atoms with Gasteiger partial charge in [0.15, 0.2) is 0 Å². The van der Waals surface area contributed by atoms with Crippen molar-refractivity contribution in [3.63, 3.8) is 0 Å². The van der Waals surface area contributed by atoms with Crippen molar-refractivity contribution in [2.75, 3.05) is 13.7 Å². The molecule has 0 amide bonds. The molecule has 1 aromatic rings. The van der Waals surface area contributed by atoms with Gasteiger partial charge in [-0.25, -0.2) is 0 Å². The molecule has 0 radical (unpaired) electrons. The third-order valence-corrected chi connectivity index (χ3v) is 3.45. The Morgan fingerprint density at radius 2 is 2.19 bits per heavy atom. The first-order chi connectivity index (χ1) is 7.50. The van der Waals surface area contributed by atoms with E-state index in [4.69, 9.17) is 16.3 Å². The van der Waals surface area contributed by atoms with Crippen LogP contribution in [0.5, 0.6) is 0 Å². The summed E-state index contributed by atoms with van der Waals surface area (Å²) in [6.07, 6.45) is 1.14. The zero-order valence-electron chi connectivity index (χ0n) is 9.46. The molecule has 4 heteroatoms. The number of methoxy groups -OCH3 is 1. The Balaban J connectivity index is 2.85. The molecule has 0 aliphatic carbocycles. The van der Waals surface area contributed by atoms with Gasteiger partial charge in [0.05, 0.1) is 12.2 Å². The fourth-order valence-corrected chi connectivity index (χ4v) is 2.31. The summed E-state index contributed by atoms with van der Waals surface area (Å²) in [5, 5.41) is 10.9. The van der Waals surface area contributed by atoms with Gasteiger partial charge >= 0.3 is 0 Å². The monoisotopic (exact) mass is 306 g/mol. The first kappa shape index (κ1) is 14.0. The molecule has 0 heterocycles. The van der Waals surface area contributed by atoms with Crippen LogP contribution < -0.4 is 0 Å². The standard InChI is InChI=1S/C12H16BrClO2/c1-3-12(15,8-16-2)7-9-4-5-10(13)6-11(9)14/h4-6,15H,3,7-8H2,1-2H3. The van der Waals surface area contributed by atoms with Crippen LogP contribution in [0.25, 0.3) is 0 Å². The van der Waals surface area contributed by atoms with E-state index in [0.29, 0.717) is 24.5 Å². The molecule has 0 aliphatic rings. The Morgan fingerprint density at radius 1 is 1.50 bits per heavy atom. The molecule has 1 aromatic carbocycles. The number of ether oxygens (including phenoxy) is 1. The van der Waals surface area contributed by atoms with Gasteiger partial charge in [0.1, 0.15) is 0 Å².